The van der Waals surface area contributed by atoms with E-state index in [-0.39, 0.29) is 18.3 Å². The maximum atomic E-state index is 12.6. The quantitative estimate of drug-likeness (QED) is 0.904. The number of nitrogens with one attached hydrogen (secondary N) is 2. The van der Waals surface area contributed by atoms with Gasteiger partial charge in [-0.2, -0.15) is 13.2 Å². The van der Waals surface area contributed by atoms with Gasteiger partial charge in [0.25, 0.3) is 5.56 Å². The van der Waals surface area contributed by atoms with Crippen molar-refractivity contribution in [2.45, 2.75) is 12.7 Å². The topological polar surface area (TPSA) is 70.1 Å². The average Bonchev–Trinajstić information content (AvgIpc) is 2.87. The fourth-order valence-electron chi connectivity index (χ4n) is 1.83. The highest BCUT2D eigenvalue weighted by Crippen LogP contribution is 2.26. The first-order valence-corrected chi connectivity index (χ1v) is 6.62. The molecule has 124 valence electrons. The molecule has 0 atom stereocenters. The molecule has 2 N–H and O–H groups in total. The van der Waals surface area contributed by atoms with Crippen LogP contribution in [0.4, 0.5) is 18.0 Å². The average molecular weight is 328 g/mol. The van der Waals surface area contributed by atoms with Crippen molar-refractivity contribution in [2.24, 2.45) is 0 Å². The van der Waals surface area contributed by atoms with E-state index in [0.29, 0.717) is 6.07 Å². The number of rotatable bonds is 3. The summed E-state index contributed by atoms with van der Waals surface area (Å²) >= 11 is 0. The van der Waals surface area contributed by atoms with Crippen LogP contribution in [0.1, 0.15) is 11.3 Å². The molecule has 1 aromatic heterocycles. The second kappa shape index (κ2) is 6.19. The Labute approximate surface area is 129 Å². The van der Waals surface area contributed by atoms with E-state index in [9.17, 15) is 22.8 Å². The third kappa shape index (κ3) is 3.93. The first-order valence-electron chi connectivity index (χ1n) is 6.62. The second-order valence-corrected chi connectivity index (χ2v) is 5.06. The van der Waals surface area contributed by atoms with Crippen molar-refractivity contribution in [3.8, 4) is 5.69 Å². The largest absolute Gasteiger partial charge is 0.432 e. The van der Waals surface area contributed by atoms with Gasteiger partial charge < -0.3 is 10.2 Å². The Balaban J connectivity index is 2.16. The monoisotopic (exact) mass is 328 g/mol. The number of benzene rings is 1. The maximum absolute atomic E-state index is 12.6. The van der Waals surface area contributed by atoms with Crippen molar-refractivity contribution in [3.63, 3.8) is 0 Å². The minimum atomic E-state index is -4.61. The van der Waals surface area contributed by atoms with Crippen LogP contribution < -0.4 is 10.9 Å². The standard InChI is InChI=1S/C14H15F3N4O2/c1-20(2)13(23)18-8-9-3-5-10(6-4-9)21-12(22)7-11(19-21)14(15,16)17/h3-7,19H,8H2,1-2H3,(H,18,23). The number of hydrogen-bond acceptors (Lipinski definition) is 2. The summed E-state index contributed by atoms with van der Waals surface area (Å²) in [5.41, 5.74) is -0.886. The fraction of sp³-hybridized carbons (Fsp3) is 0.286. The van der Waals surface area contributed by atoms with Crippen LogP contribution in [0.3, 0.4) is 0 Å². The van der Waals surface area contributed by atoms with E-state index in [1.165, 1.54) is 17.0 Å². The van der Waals surface area contributed by atoms with Crippen molar-refractivity contribution >= 4 is 6.03 Å². The van der Waals surface area contributed by atoms with Gasteiger partial charge in [-0.05, 0) is 17.7 Å². The highest BCUT2D eigenvalue weighted by Gasteiger charge is 2.33. The van der Waals surface area contributed by atoms with E-state index in [1.54, 1.807) is 26.2 Å². The number of amides is 2. The van der Waals surface area contributed by atoms with Crippen LogP contribution in [0, 0.1) is 0 Å². The second-order valence-electron chi connectivity index (χ2n) is 5.06. The smallest absolute Gasteiger partial charge is 0.334 e. The number of carbonyl (C=O) groups excluding carboxylic acids is 1. The Morgan fingerprint density at radius 2 is 1.87 bits per heavy atom. The minimum Gasteiger partial charge on any atom is -0.334 e. The number of urea groups is 1. The molecular formula is C14H15F3N4O2. The van der Waals surface area contributed by atoms with Crippen LogP contribution in [0.15, 0.2) is 35.1 Å². The van der Waals surface area contributed by atoms with Gasteiger partial charge in [0.1, 0.15) is 5.69 Å². The number of nitrogens with zero attached hydrogens (tertiary/aromatic N) is 2. The Hall–Kier alpha value is -2.71. The molecule has 1 aromatic carbocycles. The van der Waals surface area contributed by atoms with Gasteiger partial charge in [0.05, 0.1) is 5.69 Å². The molecule has 2 amide bonds. The van der Waals surface area contributed by atoms with E-state index in [4.69, 9.17) is 0 Å². The highest BCUT2D eigenvalue weighted by atomic mass is 19.4. The van der Waals surface area contributed by atoms with E-state index in [0.717, 1.165) is 10.2 Å². The van der Waals surface area contributed by atoms with Gasteiger partial charge in [-0.1, -0.05) is 12.1 Å². The lowest BCUT2D eigenvalue weighted by atomic mass is 10.2. The first-order chi connectivity index (χ1) is 10.7. The maximum Gasteiger partial charge on any atom is 0.432 e. The van der Waals surface area contributed by atoms with Gasteiger partial charge in [0, 0.05) is 26.7 Å². The van der Waals surface area contributed by atoms with Crippen molar-refractivity contribution in [3.05, 3.63) is 51.9 Å². The summed E-state index contributed by atoms with van der Waals surface area (Å²) in [7, 11) is 3.21. The van der Waals surface area contributed by atoms with E-state index < -0.39 is 17.4 Å². The first kappa shape index (κ1) is 16.7. The number of carbonyl (C=O) groups is 1. The molecule has 0 aliphatic rings. The predicted octanol–water partition coefficient (Wildman–Crippen LogP) is 1.96. The Bertz CT molecular complexity index is 745. The fourth-order valence-corrected chi connectivity index (χ4v) is 1.83. The lowest BCUT2D eigenvalue weighted by molar-refractivity contribution is -0.141. The number of hydrogen-bond donors (Lipinski definition) is 2. The van der Waals surface area contributed by atoms with Crippen LogP contribution in [-0.4, -0.2) is 34.8 Å². The summed E-state index contributed by atoms with van der Waals surface area (Å²) < 4.78 is 38.5. The van der Waals surface area contributed by atoms with Crippen molar-refractivity contribution in [1.82, 2.24) is 20.0 Å². The summed E-state index contributed by atoms with van der Waals surface area (Å²) in [5, 5.41) is 4.68. The van der Waals surface area contributed by atoms with Crippen LogP contribution in [0.2, 0.25) is 0 Å². The molecule has 0 fully saturated rings. The molecule has 2 rings (SSSR count). The molecular weight excluding hydrogens is 313 g/mol. The van der Waals surface area contributed by atoms with Gasteiger partial charge >= 0.3 is 12.2 Å². The number of aromatic amines is 1. The van der Waals surface area contributed by atoms with Crippen molar-refractivity contribution < 1.29 is 18.0 Å². The summed E-state index contributed by atoms with van der Waals surface area (Å²) in [6.07, 6.45) is -4.61. The van der Waals surface area contributed by atoms with Gasteiger partial charge in [-0.15, -0.1) is 0 Å². The summed E-state index contributed by atoms with van der Waals surface area (Å²) in [6.45, 7) is 0.269. The molecule has 23 heavy (non-hydrogen) atoms. The molecule has 9 heteroatoms. The van der Waals surface area contributed by atoms with Crippen LogP contribution in [0.25, 0.3) is 5.69 Å². The molecule has 0 saturated heterocycles. The summed E-state index contributed by atoms with van der Waals surface area (Å²) in [6, 6.07) is 6.47. The zero-order valence-corrected chi connectivity index (χ0v) is 12.4. The molecule has 0 spiro atoms. The van der Waals surface area contributed by atoms with Gasteiger partial charge in [0.2, 0.25) is 0 Å². The van der Waals surface area contributed by atoms with Crippen molar-refractivity contribution in [1.29, 1.82) is 0 Å². The van der Waals surface area contributed by atoms with E-state index in [1.807, 2.05) is 5.10 Å². The summed E-state index contributed by atoms with van der Waals surface area (Å²) in [5.74, 6) is 0. The lowest BCUT2D eigenvalue weighted by Gasteiger charge is -2.12. The predicted molar refractivity (Wildman–Crippen MR) is 77.3 cm³/mol. The van der Waals surface area contributed by atoms with Gasteiger partial charge in [0.15, 0.2) is 0 Å². The number of H-pyrrole nitrogens is 1. The molecule has 2 aromatic rings. The van der Waals surface area contributed by atoms with Crippen LogP contribution in [-0.2, 0) is 12.7 Å². The van der Waals surface area contributed by atoms with E-state index in [2.05, 4.69) is 5.32 Å². The Morgan fingerprint density at radius 1 is 1.26 bits per heavy atom. The molecule has 6 nitrogen and oxygen atoms in total. The molecule has 0 unspecified atom stereocenters. The summed E-state index contributed by atoms with van der Waals surface area (Å²) in [4.78, 5) is 24.4. The molecule has 0 saturated carbocycles. The Kier molecular flexibility index (Phi) is 4.48. The minimum absolute atomic E-state index is 0.260. The van der Waals surface area contributed by atoms with Gasteiger partial charge in [-0.25, -0.2) is 9.48 Å². The zero-order valence-electron chi connectivity index (χ0n) is 12.4. The lowest BCUT2D eigenvalue weighted by Crippen LogP contribution is -2.33. The third-order valence-electron chi connectivity index (χ3n) is 3.07. The molecule has 0 radical (unpaired) electrons. The molecule has 0 aliphatic carbocycles. The highest BCUT2D eigenvalue weighted by molar-refractivity contribution is 5.73. The van der Waals surface area contributed by atoms with Crippen molar-refractivity contribution in [2.75, 3.05) is 14.1 Å². The molecule has 0 bridgehead atoms. The SMILES string of the molecule is CN(C)C(=O)NCc1ccc(-n2[nH]c(C(F)(F)F)cc2=O)cc1. The zero-order chi connectivity index (χ0) is 17.2. The molecule has 1 heterocycles. The number of halogens is 3. The number of alkyl halides is 3. The normalized spacial score (nSPS) is 11.3. The Morgan fingerprint density at radius 3 is 2.35 bits per heavy atom. The van der Waals surface area contributed by atoms with E-state index >= 15 is 0 Å². The number of aromatic nitrogens is 2. The van der Waals surface area contributed by atoms with Crippen LogP contribution >= 0.6 is 0 Å². The third-order valence-corrected chi connectivity index (χ3v) is 3.07. The molecule has 0 aliphatic heterocycles. The van der Waals surface area contributed by atoms with Crippen LogP contribution in [0.5, 0.6) is 0 Å². The van der Waals surface area contributed by atoms with Gasteiger partial charge in [-0.3, -0.25) is 9.89 Å².